The molecule has 0 aromatic carbocycles. The predicted molar refractivity (Wildman–Crippen MR) is 45.6 cm³/mol. The van der Waals surface area contributed by atoms with Crippen LogP contribution >= 0.6 is 0 Å². The minimum absolute atomic E-state index is 0.241. The fourth-order valence-corrected chi connectivity index (χ4v) is 2.88. The number of aliphatic hydroxyl groups is 1. The second-order valence-corrected chi connectivity index (χ2v) is 4.80. The van der Waals surface area contributed by atoms with Crippen LogP contribution in [-0.4, -0.2) is 17.0 Å². The molecule has 3 unspecified atom stereocenters. The summed E-state index contributed by atoms with van der Waals surface area (Å²) in [6.07, 6.45) is 1.71. The van der Waals surface area contributed by atoms with E-state index >= 15 is 0 Å². The molecule has 0 bridgehead atoms. The summed E-state index contributed by atoms with van der Waals surface area (Å²) >= 11 is 0. The number of carbonyl (C=O) groups excluding carboxylic acids is 1. The lowest BCUT2D eigenvalue weighted by Gasteiger charge is -2.10. The van der Waals surface area contributed by atoms with Gasteiger partial charge in [-0.1, -0.05) is 13.8 Å². The summed E-state index contributed by atoms with van der Waals surface area (Å²) in [4.78, 5) is 11.1. The summed E-state index contributed by atoms with van der Waals surface area (Å²) in [5, 5.41) is 9.68. The number of fused-ring (bicyclic) bond motifs is 1. The van der Waals surface area contributed by atoms with Gasteiger partial charge in [-0.05, 0) is 23.7 Å². The van der Waals surface area contributed by atoms with Crippen molar-refractivity contribution in [2.45, 2.75) is 39.2 Å². The summed E-state index contributed by atoms with van der Waals surface area (Å²) in [7, 11) is 0. The average Bonchev–Trinajstić information content (AvgIpc) is 2.52. The van der Waals surface area contributed by atoms with Crippen LogP contribution < -0.4 is 0 Å². The maximum atomic E-state index is 11.1. The van der Waals surface area contributed by atoms with Gasteiger partial charge in [-0.25, -0.2) is 0 Å². The zero-order valence-corrected chi connectivity index (χ0v) is 7.71. The quantitative estimate of drug-likeness (QED) is 0.593. The Bertz CT molecular complexity index is 220. The smallest absolute Gasteiger partial charge is 0.135 e. The van der Waals surface area contributed by atoms with Crippen LogP contribution in [0.15, 0.2) is 0 Å². The molecule has 2 aliphatic carbocycles. The molecule has 0 spiro atoms. The Morgan fingerprint density at radius 1 is 1.50 bits per heavy atom. The van der Waals surface area contributed by atoms with Crippen LogP contribution in [0.3, 0.4) is 0 Å². The van der Waals surface area contributed by atoms with Crippen LogP contribution in [0.1, 0.15) is 33.1 Å². The molecule has 0 amide bonds. The third-order valence-corrected chi connectivity index (χ3v) is 3.72. The first-order valence-electron chi connectivity index (χ1n) is 4.73. The van der Waals surface area contributed by atoms with E-state index in [9.17, 15) is 9.90 Å². The maximum Gasteiger partial charge on any atom is 0.135 e. The van der Waals surface area contributed by atoms with Crippen molar-refractivity contribution in [3.63, 3.8) is 0 Å². The number of aliphatic hydroxyl groups excluding tert-OH is 1. The Balaban J connectivity index is 2.12. The molecule has 2 fully saturated rings. The van der Waals surface area contributed by atoms with Gasteiger partial charge in [0.05, 0.1) is 6.10 Å². The Morgan fingerprint density at radius 2 is 2.17 bits per heavy atom. The van der Waals surface area contributed by atoms with Crippen molar-refractivity contribution in [2.75, 3.05) is 0 Å². The predicted octanol–water partition coefficient (Wildman–Crippen LogP) is 1.37. The number of Topliss-reactive ketones (excluding diaryl/α,β-unsaturated/α-hetero) is 1. The van der Waals surface area contributed by atoms with E-state index in [0.29, 0.717) is 30.1 Å². The van der Waals surface area contributed by atoms with Crippen molar-refractivity contribution < 1.29 is 9.90 Å². The van der Waals surface area contributed by atoms with Crippen molar-refractivity contribution in [1.29, 1.82) is 0 Å². The van der Waals surface area contributed by atoms with Crippen LogP contribution in [0, 0.1) is 17.3 Å². The van der Waals surface area contributed by atoms with Crippen LogP contribution in [0.4, 0.5) is 0 Å². The summed E-state index contributed by atoms with van der Waals surface area (Å²) in [5.41, 5.74) is 0.292. The molecular weight excluding hydrogens is 152 g/mol. The highest BCUT2D eigenvalue weighted by Gasteiger charge is 2.61. The number of rotatable bonds is 0. The van der Waals surface area contributed by atoms with E-state index in [1.807, 2.05) is 0 Å². The molecule has 3 atom stereocenters. The topological polar surface area (TPSA) is 37.3 Å². The van der Waals surface area contributed by atoms with Gasteiger partial charge in [-0.2, -0.15) is 0 Å². The van der Waals surface area contributed by atoms with Gasteiger partial charge in [-0.15, -0.1) is 0 Å². The van der Waals surface area contributed by atoms with Gasteiger partial charge in [0.1, 0.15) is 5.78 Å². The monoisotopic (exact) mass is 168 g/mol. The molecule has 0 heterocycles. The molecule has 68 valence electrons. The first-order chi connectivity index (χ1) is 5.53. The van der Waals surface area contributed by atoms with Gasteiger partial charge in [0, 0.05) is 12.8 Å². The standard InChI is InChI=1S/C10H16O2/c1-10(2)7-4-3-6(11)5-8(12)9(7)10/h7-9,12H,3-5H2,1-2H3. The van der Waals surface area contributed by atoms with Gasteiger partial charge in [0.2, 0.25) is 0 Å². The minimum atomic E-state index is -0.361. The average molecular weight is 168 g/mol. The third-order valence-electron chi connectivity index (χ3n) is 3.72. The van der Waals surface area contributed by atoms with E-state index in [0.717, 1.165) is 6.42 Å². The zero-order valence-electron chi connectivity index (χ0n) is 7.71. The highest BCUT2D eigenvalue weighted by atomic mass is 16.3. The SMILES string of the molecule is CC1(C)C2CCC(=O)CC(O)C21. The largest absolute Gasteiger partial charge is 0.392 e. The van der Waals surface area contributed by atoms with E-state index in [-0.39, 0.29) is 11.9 Å². The fourth-order valence-electron chi connectivity index (χ4n) is 2.88. The molecule has 0 saturated heterocycles. The molecular formula is C10H16O2. The maximum absolute atomic E-state index is 11.1. The van der Waals surface area contributed by atoms with Gasteiger partial charge >= 0.3 is 0 Å². The number of carbonyl (C=O) groups is 1. The molecule has 12 heavy (non-hydrogen) atoms. The van der Waals surface area contributed by atoms with E-state index in [1.165, 1.54) is 0 Å². The van der Waals surface area contributed by atoms with E-state index in [2.05, 4.69) is 13.8 Å². The van der Waals surface area contributed by atoms with E-state index < -0.39 is 0 Å². The molecule has 2 nitrogen and oxygen atoms in total. The molecule has 0 aromatic heterocycles. The molecule has 2 aliphatic rings. The zero-order chi connectivity index (χ0) is 8.93. The highest BCUT2D eigenvalue weighted by molar-refractivity contribution is 5.79. The minimum Gasteiger partial charge on any atom is -0.392 e. The number of hydrogen-bond donors (Lipinski definition) is 1. The van der Waals surface area contributed by atoms with Crippen molar-refractivity contribution in [2.24, 2.45) is 17.3 Å². The van der Waals surface area contributed by atoms with Crippen LogP contribution in [-0.2, 0) is 4.79 Å². The van der Waals surface area contributed by atoms with E-state index in [1.54, 1.807) is 0 Å². The molecule has 0 radical (unpaired) electrons. The number of hydrogen-bond acceptors (Lipinski definition) is 2. The third kappa shape index (κ3) is 1.01. The van der Waals surface area contributed by atoms with Crippen molar-refractivity contribution in [3.05, 3.63) is 0 Å². The Kier molecular flexibility index (Phi) is 1.59. The lowest BCUT2D eigenvalue weighted by molar-refractivity contribution is -0.120. The Morgan fingerprint density at radius 3 is 2.83 bits per heavy atom. The van der Waals surface area contributed by atoms with Gasteiger partial charge < -0.3 is 5.11 Å². The summed E-state index contributed by atoms with van der Waals surface area (Å²) in [6, 6.07) is 0. The normalized spacial score (nSPS) is 44.9. The molecule has 2 saturated carbocycles. The van der Waals surface area contributed by atoms with Gasteiger partial charge in [0.15, 0.2) is 0 Å². The van der Waals surface area contributed by atoms with Crippen molar-refractivity contribution >= 4 is 5.78 Å². The van der Waals surface area contributed by atoms with Crippen molar-refractivity contribution in [1.82, 2.24) is 0 Å². The molecule has 2 heteroatoms. The van der Waals surface area contributed by atoms with Crippen LogP contribution in [0.25, 0.3) is 0 Å². The fraction of sp³-hybridized carbons (Fsp3) is 0.900. The summed E-state index contributed by atoms with van der Waals surface area (Å²) < 4.78 is 0. The number of ketones is 1. The second-order valence-electron chi connectivity index (χ2n) is 4.80. The Labute approximate surface area is 73.0 Å². The first kappa shape index (κ1) is 8.24. The first-order valence-corrected chi connectivity index (χ1v) is 4.73. The molecule has 2 rings (SSSR count). The van der Waals surface area contributed by atoms with Crippen LogP contribution in [0.2, 0.25) is 0 Å². The highest BCUT2D eigenvalue weighted by Crippen LogP contribution is 2.63. The van der Waals surface area contributed by atoms with Crippen LogP contribution in [0.5, 0.6) is 0 Å². The molecule has 0 aromatic rings. The summed E-state index contributed by atoms with van der Waals surface area (Å²) in [5.74, 6) is 1.23. The van der Waals surface area contributed by atoms with Crippen molar-refractivity contribution in [3.8, 4) is 0 Å². The van der Waals surface area contributed by atoms with Gasteiger partial charge in [-0.3, -0.25) is 4.79 Å². The lowest BCUT2D eigenvalue weighted by Crippen LogP contribution is -2.16. The van der Waals surface area contributed by atoms with Gasteiger partial charge in [0.25, 0.3) is 0 Å². The van der Waals surface area contributed by atoms with E-state index in [4.69, 9.17) is 0 Å². The summed E-state index contributed by atoms with van der Waals surface area (Å²) in [6.45, 7) is 4.39. The molecule has 1 N–H and O–H groups in total. The lowest BCUT2D eigenvalue weighted by atomic mass is 9.99. The molecule has 0 aliphatic heterocycles. The second kappa shape index (κ2) is 2.32. The Hall–Kier alpha value is -0.370.